The van der Waals surface area contributed by atoms with Crippen LogP contribution in [0.25, 0.3) is 0 Å². The maximum Gasteiger partial charge on any atom is 0.254 e. The Hall–Kier alpha value is -3.10. The average Bonchev–Trinajstić information content (AvgIpc) is 3.45. The van der Waals surface area contributed by atoms with Gasteiger partial charge in [-0.1, -0.05) is 26.0 Å². The van der Waals surface area contributed by atoms with Crippen LogP contribution < -0.4 is 14.8 Å². The lowest BCUT2D eigenvalue weighted by Gasteiger charge is -2.22. The highest BCUT2D eigenvalue weighted by atomic mass is 16.5. The molecule has 39 heavy (non-hydrogen) atoms. The molecule has 8 heteroatoms. The molecule has 2 aromatic rings. The van der Waals surface area contributed by atoms with Crippen LogP contribution in [0.4, 0.5) is 0 Å². The first-order chi connectivity index (χ1) is 18.7. The van der Waals surface area contributed by atoms with Crippen LogP contribution in [0.3, 0.4) is 0 Å². The van der Waals surface area contributed by atoms with Gasteiger partial charge in [-0.25, -0.2) is 0 Å². The normalized spacial score (nSPS) is 16.0. The number of likely N-dealkylation sites (tertiary alicyclic amines) is 1. The third-order valence-electron chi connectivity index (χ3n) is 7.85. The molecule has 0 bridgehead atoms. The van der Waals surface area contributed by atoms with Gasteiger partial charge in [-0.15, -0.1) is 0 Å². The van der Waals surface area contributed by atoms with E-state index in [0.29, 0.717) is 23.7 Å². The summed E-state index contributed by atoms with van der Waals surface area (Å²) in [5.41, 5.74) is 3.48. The first-order valence-corrected chi connectivity index (χ1v) is 14.0. The number of amides is 2. The summed E-state index contributed by atoms with van der Waals surface area (Å²) in [6.45, 7) is 7.98. The van der Waals surface area contributed by atoms with Gasteiger partial charge >= 0.3 is 0 Å². The molecule has 0 aliphatic carbocycles. The Morgan fingerprint density at radius 3 is 2.36 bits per heavy atom. The summed E-state index contributed by atoms with van der Waals surface area (Å²) < 4.78 is 11.1. The van der Waals surface area contributed by atoms with Gasteiger partial charge in [0.1, 0.15) is 11.5 Å². The molecule has 0 spiro atoms. The smallest absolute Gasteiger partial charge is 0.254 e. The number of hydrogen-bond acceptors (Lipinski definition) is 6. The van der Waals surface area contributed by atoms with E-state index in [1.165, 1.54) is 0 Å². The van der Waals surface area contributed by atoms with E-state index < -0.39 is 0 Å². The van der Waals surface area contributed by atoms with Crippen molar-refractivity contribution in [1.82, 2.24) is 20.0 Å². The number of likely N-dealkylation sites (N-methyl/N-ethyl adjacent to an activating group) is 2. The predicted octanol–water partition coefficient (Wildman–Crippen LogP) is 3.90. The maximum absolute atomic E-state index is 13.1. The van der Waals surface area contributed by atoms with Gasteiger partial charge in [-0.2, -0.15) is 0 Å². The zero-order valence-electron chi connectivity index (χ0n) is 24.8. The summed E-state index contributed by atoms with van der Waals surface area (Å²) in [4.78, 5) is 32.0. The van der Waals surface area contributed by atoms with E-state index in [4.69, 9.17) is 9.47 Å². The van der Waals surface area contributed by atoms with Crippen LogP contribution >= 0.6 is 0 Å². The highest BCUT2D eigenvalue weighted by Gasteiger charge is 2.28. The molecule has 1 aliphatic rings. The largest absolute Gasteiger partial charge is 0.496 e. The number of carbonyl (C=O) groups excluding carboxylic acids is 2. The Morgan fingerprint density at radius 2 is 1.72 bits per heavy atom. The van der Waals surface area contributed by atoms with Crippen LogP contribution in [-0.2, 0) is 6.42 Å². The second-order valence-corrected chi connectivity index (χ2v) is 10.7. The zero-order chi connectivity index (χ0) is 28.5. The van der Waals surface area contributed by atoms with Crippen LogP contribution in [0.5, 0.6) is 11.5 Å². The van der Waals surface area contributed by atoms with Gasteiger partial charge in [0.05, 0.1) is 14.2 Å². The summed E-state index contributed by atoms with van der Waals surface area (Å²) in [5, 5.41) is 3.01. The van der Waals surface area contributed by atoms with Crippen LogP contribution in [0, 0.1) is 0 Å². The number of carbonyl (C=O) groups is 2. The SMILES string of the molecule is CCc1ccc(C(=O)NCCN(C)CCC(C)c2ccc(C(=O)N3CCC(N(C)C)C3)cc2OC)cc1OC. The Balaban J connectivity index is 1.48. The van der Waals surface area contributed by atoms with Gasteiger partial charge in [-0.05, 0) is 88.3 Å². The first-order valence-electron chi connectivity index (χ1n) is 14.0. The van der Waals surface area contributed by atoms with Gasteiger partial charge in [0.25, 0.3) is 11.8 Å². The molecule has 2 unspecified atom stereocenters. The van der Waals surface area contributed by atoms with Crippen molar-refractivity contribution < 1.29 is 19.1 Å². The van der Waals surface area contributed by atoms with Crippen molar-refractivity contribution in [2.24, 2.45) is 0 Å². The van der Waals surface area contributed by atoms with E-state index in [9.17, 15) is 9.59 Å². The molecule has 0 saturated carbocycles. The Kier molecular flexibility index (Phi) is 11.2. The lowest BCUT2D eigenvalue weighted by Crippen LogP contribution is -2.34. The number of nitrogens with zero attached hydrogens (tertiary/aromatic N) is 3. The van der Waals surface area contributed by atoms with Crippen molar-refractivity contribution >= 4 is 11.8 Å². The number of benzene rings is 2. The third-order valence-corrected chi connectivity index (χ3v) is 7.85. The van der Waals surface area contributed by atoms with Crippen molar-refractivity contribution in [3.05, 3.63) is 58.7 Å². The summed E-state index contributed by atoms with van der Waals surface area (Å²) >= 11 is 0. The molecule has 2 aromatic carbocycles. The highest BCUT2D eigenvalue weighted by molar-refractivity contribution is 5.95. The van der Waals surface area contributed by atoms with E-state index in [1.54, 1.807) is 20.3 Å². The quantitative estimate of drug-likeness (QED) is 0.417. The monoisotopic (exact) mass is 538 g/mol. The summed E-state index contributed by atoms with van der Waals surface area (Å²) in [7, 11) is 9.49. The maximum atomic E-state index is 13.1. The molecule has 1 N–H and O–H groups in total. The predicted molar refractivity (Wildman–Crippen MR) is 156 cm³/mol. The van der Waals surface area contributed by atoms with Crippen LogP contribution in [0.1, 0.15) is 64.4 Å². The highest BCUT2D eigenvalue weighted by Crippen LogP contribution is 2.31. The second-order valence-electron chi connectivity index (χ2n) is 10.7. The van der Waals surface area contributed by atoms with E-state index in [0.717, 1.165) is 68.1 Å². The van der Waals surface area contributed by atoms with Gasteiger partial charge in [0.2, 0.25) is 0 Å². The van der Waals surface area contributed by atoms with Crippen molar-refractivity contribution in [3.8, 4) is 11.5 Å². The Labute approximate surface area is 234 Å². The zero-order valence-corrected chi connectivity index (χ0v) is 24.8. The van der Waals surface area contributed by atoms with Gasteiger partial charge in [-0.3, -0.25) is 9.59 Å². The van der Waals surface area contributed by atoms with Crippen LogP contribution in [0.2, 0.25) is 0 Å². The second kappa shape index (κ2) is 14.3. The molecular formula is C31H46N4O4. The molecule has 2 amide bonds. The fraction of sp³-hybridized carbons (Fsp3) is 0.548. The minimum absolute atomic E-state index is 0.0679. The summed E-state index contributed by atoms with van der Waals surface area (Å²) in [6, 6.07) is 11.9. The summed E-state index contributed by atoms with van der Waals surface area (Å²) in [6.07, 6.45) is 2.79. The van der Waals surface area contributed by atoms with Crippen molar-refractivity contribution in [2.75, 3.05) is 68.1 Å². The van der Waals surface area contributed by atoms with Crippen LogP contribution in [-0.4, -0.2) is 101 Å². The fourth-order valence-electron chi connectivity index (χ4n) is 5.10. The van der Waals surface area contributed by atoms with Gasteiger partial charge < -0.3 is 29.5 Å². The number of hydrogen-bond donors (Lipinski definition) is 1. The lowest BCUT2D eigenvalue weighted by atomic mass is 9.95. The number of methoxy groups -OCH3 is 2. The molecule has 0 aromatic heterocycles. The Morgan fingerprint density at radius 1 is 1.03 bits per heavy atom. The molecule has 1 aliphatic heterocycles. The number of rotatable bonds is 13. The first kappa shape index (κ1) is 30.4. The van der Waals surface area contributed by atoms with Crippen molar-refractivity contribution in [3.63, 3.8) is 0 Å². The number of nitrogens with one attached hydrogen (secondary N) is 1. The fourth-order valence-corrected chi connectivity index (χ4v) is 5.10. The minimum Gasteiger partial charge on any atom is -0.496 e. The van der Waals surface area contributed by atoms with Crippen molar-refractivity contribution in [1.29, 1.82) is 0 Å². The Bertz CT molecular complexity index is 1120. The van der Waals surface area contributed by atoms with Gasteiger partial charge in [0.15, 0.2) is 0 Å². The van der Waals surface area contributed by atoms with Crippen LogP contribution in [0.15, 0.2) is 36.4 Å². The van der Waals surface area contributed by atoms with E-state index >= 15 is 0 Å². The van der Waals surface area contributed by atoms with Crippen molar-refractivity contribution in [2.45, 2.75) is 45.1 Å². The molecular weight excluding hydrogens is 492 g/mol. The third kappa shape index (κ3) is 7.96. The topological polar surface area (TPSA) is 74.4 Å². The molecule has 3 rings (SSSR count). The molecule has 0 radical (unpaired) electrons. The summed E-state index contributed by atoms with van der Waals surface area (Å²) in [5.74, 6) is 1.74. The van der Waals surface area contributed by atoms with Gasteiger partial charge in [0, 0.05) is 43.3 Å². The lowest BCUT2D eigenvalue weighted by molar-refractivity contribution is 0.0782. The molecule has 214 valence electrons. The van der Waals surface area contributed by atoms with E-state index in [1.807, 2.05) is 35.2 Å². The molecule has 1 saturated heterocycles. The molecule has 1 heterocycles. The number of aryl methyl sites for hydroxylation is 1. The average molecular weight is 539 g/mol. The molecule has 2 atom stereocenters. The number of ether oxygens (including phenoxy) is 2. The molecule has 8 nitrogen and oxygen atoms in total. The van der Waals surface area contributed by atoms with E-state index in [2.05, 4.69) is 50.1 Å². The molecule has 1 fully saturated rings. The minimum atomic E-state index is -0.0942. The van der Waals surface area contributed by atoms with E-state index in [-0.39, 0.29) is 17.7 Å². The standard InChI is InChI=1S/C31H46N4O4/c1-8-23-9-10-24(19-28(23)38-6)30(36)32-15-18-34(5)16-13-22(2)27-12-11-25(20-29(27)39-7)31(37)35-17-14-26(21-35)33(3)4/h9-12,19-20,22,26H,8,13-18,21H2,1-7H3,(H,32,36).